The lowest BCUT2D eigenvalue weighted by Crippen LogP contribution is -2.31. The van der Waals surface area contributed by atoms with Gasteiger partial charge < -0.3 is 5.32 Å². The van der Waals surface area contributed by atoms with E-state index in [1.54, 1.807) is 7.05 Å². The molecular formula is C17H15N3O. The molecule has 1 aromatic heterocycles. The number of aromatic nitrogens is 1. The third kappa shape index (κ3) is 2.84. The Bertz CT molecular complexity index is 771. The summed E-state index contributed by atoms with van der Waals surface area (Å²) < 4.78 is 0. The smallest absolute Gasteiger partial charge is 0.308 e. The Morgan fingerprint density at radius 3 is 2.48 bits per heavy atom. The summed E-state index contributed by atoms with van der Waals surface area (Å²) in [6.07, 6.45) is 0. The van der Waals surface area contributed by atoms with Crippen molar-refractivity contribution in [3.63, 3.8) is 0 Å². The Morgan fingerprint density at radius 2 is 1.67 bits per heavy atom. The largest absolute Gasteiger partial charge is 0.327 e. The van der Waals surface area contributed by atoms with Gasteiger partial charge in [-0.1, -0.05) is 36.4 Å². The fourth-order valence-corrected chi connectivity index (χ4v) is 2.07. The second-order valence-electron chi connectivity index (χ2n) is 4.72. The summed E-state index contributed by atoms with van der Waals surface area (Å²) in [5.74, 6) is 0.613. The molecule has 0 aliphatic heterocycles. The number of rotatable bonds is 2. The van der Waals surface area contributed by atoms with Gasteiger partial charge in [-0.15, -0.1) is 0 Å². The maximum atomic E-state index is 12.2. The average Bonchev–Trinajstić information content (AvgIpc) is 2.54. The fraction of sp³-hybridized carbons (Fsp3) is 0.0588. The summed E-state index contributed by atoms with van der Waals surface area (Å²) in [4.78, 5) is 18.2. The minimum atomic E-state index is -0.219. The van der Waals surface area contributed by atoms with Gasteiger partial charge in [-0.2, -0.15) is 0 Å². The van der Waals surface area contributed by atoms with E-state index < -0.39 is 0 Å². The Labute approximate surface area is 123 Å². The van der Waals surface area contributed by atoms with Crippen LogP contribution in [0.15, 0.2) is 66.7 Å². The highest BCUT2D eigenvalue weighted by Crippen LogP contribution is 2.17. The summed E-state index contributed by atoms with van der Waals surface area (Å²) in [6.45, 7) is 0. The molecular weight excluding hydrogens is 262 g/mol. The molecule has 0 bridgehead atoms. The van der Waals surface area contributed by atoms with Gasteiger partial charge in [0.1, 0.15) is 5.82 Å². The van der Waals surface area contributed by atoms with Crippen molar-refractivity contribution in [1.29, 1.82) is 0 Å². The molecule has 4 heteroatoms. The first-order valence-electron chi connectivity index (χ1n) is 6.69. The molecule has 3 rings (SSSR count). The van der Waals surface area contributed by atoms with Crippen LogP contribution in [0.1, 0.15) is 0 Å². The van der Waals surface area contributed by atoms with Crippen molar-refractivity contribution < 1.29 is 4.79 Å². The monoisotopic (exact) mass is 277 g/mol. The molecule has 3 aromatic rings. The lowest BCUT2D eigenvalue weighted by molar-refractivity contribution is 0.258. The number of hydrogen-bond donors (Lipinski definition) is 1. The molecule has 0 radical (unpaired) electrons. The molecule has 0 aliphatic rings. The maximum absolute atomic E-state index is 12.2. The summed E-state index contributed by atoms with van der Waals surface area (Å²) in [5.41, 5.74) is 1.63. The van der Waals surface area contributed by atoms with Gasteiger partial charge in [0.05, 0.1) is 5.52 Å². The highest BCUT2D eigenvalue weighted by atomic mass is 16.2. The second kappa shape index (κ2) is 5.63. The van der Waals surface area contributed by atoms with E-state index in [9.17, 15) is 4.79 Å². The predicted molar refractivity (Wildman–Crippen MR) is 85.6 cm³/mol. The summed E-state index contributed by atoms with van der Waals surface area (Å²) >= 11 is 0. The zero-order valence-corrected chi connectivity index (χ0v) is 11.7. The highest BCUT2D eigenvalue weighted by Gasteiger charge is 2.12. The Kier molecular flexibility index (Phi) is 3.51. The first-order valence-corrected chi connectivity index (χ1v) is 6.69. The van der Waals surface area contributed by atoms with E-state index in [-0.39, 0.29) is 6.03 Å². The van der Waals surface area contributed by atoms with Crippen LogP contribution in [-0.2, 0) is 0 Å². The van der Waals surface area contributed by atoms with Crippen molar-refractivity contribution >= 4 is 28.4 Å². The topological polar surface area (TPSA) is 45.2 Å². The zero-order chi connectivity index (χ0) is 14.7. The van der Waals surface area contributed by atoms with Crippen molar-refractivity contribution in [2.75, 3.05) is 17.3 Å². The van der Waals surface area contributed by atoms with Crippen LogP contribution >= 0.6 is 0 Å². The van der Waals surface area contributed by atoms with Gasteiger partial charge >= 0.3 is 6.03 Å². The van der Waals surface area contributed by atoms with Crippen molar-refractivity contribution in [2.24, 2.45) is 0 Å². The molecule has 0 atom stereocenters. The highest BCUT2D eigenvalue weighted by molar-refractivity contribution is 6.01. The first-order chi connectivity index (χ1) is 10.2. The Morgan fingerprint density at radius 1 is 0.952 bits per heavy atom. The van der Waals surface area contributed by atoms with E-state index in [1.165, 1.54) is 4.90 Å². The van der Waals surface area contributed by atoms with Crippen LogP contribution in [0.5, 0.6) is 0 Å². The number of nitrogens with one attached hydrogen (secondary N) is 1. The van der Waals surface area contributed by atoms with Crippen molar-refractivity contribution in [2.45, 2.75) is 0 Å². The minimum Gasteiger partial charge on any atom is -0.308 e. The van der Waals surface area contributed by atoms with E-state index >= 15 is 0 Å². The third-order valence-corrected chi connectivity index (χ3v) is 3.26. The van der Waals surface area contributed by atoms with Gasteiger partial charge in [-0.05, 0) is 30.3 Å². The Hall–Kier alpha value is -2.88. The van der Waals surface area contributed by atoms with Crippen molar-refractivity contribution in [3.8, 4) is 0 Å². The van der Waals surface area contributed by atoms with Crippen molar-refractivity contribution in [3.05, 3.63) is 66.7 Å². The summed E-state index contributed by atoms with van der Waals surface area (Å²) in [7, 11) is 1.70. The number of amides is 2. The average molecular weight is 277 g/mol. The zero-order valence-electron chi connectivity index (χ0n) is 11.7. The molecule has 0 aliphatic carbocycles. The fourth-order valence-electron chi connectivity index (χ4n) is 2.07. The van der Waals surface area contributed by atoms with E-state index in [2.05, 4.69) is 10.3 Å². The minimum absolute atomic E-state index is 0.219. The number of fused-ring (bicyclic) bond motifs is 1. The number of anilines is 2. The van der Waals surface area contributed by atoms with Gasteiger partial charge in [-0.25, -0.2) is 9.78 Å². The second-order valence-corrected chi connectivity index (χ2v) is 4.72. The van der Waals surface area contributed by atoms with E-state index in [0.29, 0.717) is 5.82 Å². The molecule has 1 heterocycles. The number of pyridine rings is 1. The van der Waals surface area contributed by atoms with Gasteiger partial charge in [0, 0.05) is 18.1 Å². The van der Waals surface area contributed by atoms with Gasteiger partial charge in [-0.3, -0.25) is 4.90 Å². The van der Waals surface area contributed by atoms with E-state index in [0.717, 1.165) is 16.6 Å². The molecule has 0 saturated carbocycles. The molecule has 1 N–H and O–H groups in total. The molecule has 2 amide bonds. The number of carbonyl (C=O) groups excluding carboxylic acids is 1. The number of para-hydroxylation sites is 2. The molecule has 21 heavy (non-hydrogen) atoms. The van der Waals surface area contributed by atoms with Crippen LogP contribution in [-0.4, -0.2) is 18.1 Å². The molecule has 104 valence electrons. The summed E-state index contributed by atoms with van der Waals surface area (Å²) in [6, 6.07) is 20.8. The van der Waals surface area contributed by atoms with Gasteiger partial charge in [0.25, 0.3) is 0 Å². The predicted octanol–water partition coefficient (Wildman–Crippen LogP) is 3.90. The van der Waals surface area contributed by atoms with E-state index in [1.807, 2.05) is 66.7 Å². The van der Waals surface area contributed by atoms with Crippen molar-refractivity contribution in [1.82, 2.24) is 4.98 Å². The van der Waals surface area contributed by atoms with Crippen LogP contribution in [0.2, 0.25) is 0 Å². The van der Waals surface area contributed by atoms with Crippen LogP contribution in [0.4, 0.5) is 16.3 Å². The summed E-state index contributed by atoms with van der Waals surface area (Å²) in [5, 5.41) is 3.89. The number of nitrogens with zero attached hydrogens (tertiary/aromatic N) is 2. The molecule has 0 saturated heterocycles. The third-order valence-electron chi connectivity index (χ3n) is 3.26. The normalized spacial score (nSPS) is 10.3. The first kappa shape index (κ1) is 13.1. The number of benzene rings is 2. The molecule has 2 aromatic carbocycles. The lowest BCUT2D eigenvalue weighted by atomic mass is 10.2. The van der Waals surface area contributed by atoms with Crippen LogP contribution in [0, 0.1) is 0 Å². The van der Waals surface area contributed by atoms with Crippen LogP contribution < -0.4 is 10.2 Å². The molecule has 0 fully saturated rings. The molecule has 0 unspecified atom stereocenters. The van der Waals surface area contributed by atoms with Crippen LogP contribution in [0.25, 0.3) is 10.9 Å². The standard InChI is InChI=1S/C17H15N3O/c1-20(17(21)18-14-8-3-2-4-9-14)16-12-11-13-7-5-6-10-15(13)19-16/h2-12H,1H3,(H,18,21). The van der Waals surface area contributed by atoms with Gasteiger partial charge in [0.15, 0.2) is 0 Å². The molecule has 0 spiro atoms. The van der Waals surface area contributed by atoms with Gasteiger partial charge in [0.2, 0.25) is 0 Å². The SMILES string of the molecule is CN(C(=O)Nc1ccccc1)c1ccc2ccccc2n1. The number of hydrogen-bond acceptors (Lipinski definition) is 2. The lowest BCUT2D eigenvalue weighted by Gasteiger charge is -2.17. The Balaban J connectivity index is 1.82. The number of carbonyl (C=O) groups is 1. The maximum Gasteiger partial charge on any atom is 0.327 e. The quantitative estimate of drug-likeness (QED) is 0.772. The number of urea groups is 1. The van der Waals surface area contributed by atoms with E-state index in [4.69, 9.17) is 0 Å². The van der Waals surface area contributed by atoms with Crippen LogP contribution in [0.3, 0.4) is 0 Å². The molecule has 4 nitrogen and oxygen atoms in total.